The van der Waals surface area contributed by atoms with Gasteiger partial charge in [-0.3, -0.25) is 0 Å². The van der Waals surface area contributed by atoms with E-state index in [1.165, 1.54) is 0 Å². The second-order valence-corrected chi connectivity index (χ2v) is 4.30. The summed E-state index contributed by atoms with van der Waals surface area (Å²) in [6, 6.07) is 0. The molecule has 0 aliphatic heterocycles. The zero-order valence-corrected chi connectivity index (χ0v) is 9.22. The van der Waals surface area contributed by atoms with E-state index >= 15 is 0 Å². The van der Waals surface area contributed by atoms with Crippen LogP contribution in [0.15, 0.2) is 0 Å². The van der Waals surface area contributed by atoms with Crippen LogP contribution in [0.3, 0.4) is 0 Å². The molecule has 0 bridgehead atoms. The summed E-state index contributed by atoms with van der Waals surface area (Å²) in [6.45, 7) is 8.53. The molecule has 0 radical (unpaired) electrons. The third-order valence-electron chi connectivity index (χ3n) is 2.54. The molecule has 0 aromatic heterocycles. The maximum Gasteiger partial charge on any atom is 0.0741 e. The second kappa shape index (κ2) is 4.94. The van der Waals surface area contributed by atoms with Gasteiger partial charge in [-0.1, -0.05) is 13.8 Å². The molecule has 3 N–H and O–H groups in total. The third kappa shape index (κ3) is 6.02. The van der Waals surface area contributed by atoms with Gasteiger partial charge in [-0.05, 0) is 26.7 Å². The Morgan fingerprint density at radius 2 is 1.23 bits per heavy atom. The first kappa shape index (κ1) is 12.9. The first-order valence-electron chi connectivity index (χ1n) is 4.98. The summed E-state index contributed by atoms with van der Waals surface area (Å²) < 4.78 is 0. The predicted molar refractivity (Wildman–Crippen MR) is 54.7 cm³/mol. The van der Waals surface area contributed by atoms with E-state index in [4.69, 9.17) is 0 Å². The molecule has 2 atom stereocenters. The zero-order chi connectivity index (χ0) is 10.5. The number of rotatable bonds is 6. The molecular weight excluding hydrogens is 166 g/mol. The monoisotopic (exact) mass is 189 g/mol. The molecule has 0 aromatic carbocycles. The van der Waals surface area contributed by atoms with E-state index in [9.17, 15) is 10.2 Å². The summed E-state index contributed by atoms with van der Waals surface area (Å²) in [5.41, 5.74) is -1.33. The van der Waals surface area contributed by atoms with Gasteiger partial charge in [0, 0.05) is 13.1 Å². The van der Waals surface area contributed by atoms with Crippen molar-refractivity contribution in [2.45, 2.75) is 51.7 Å². The van der Waals surface area contributed by atoms with Crippen LogP contribution in [0.5, 0.6) is 0 Å². The average Bonchev–Trinajstić information content (AvgIpc) is 2.04. The quantitative estimate of drug-likeness (QED) is 0.582. The van der Waals surface area contributed by atoms with Crippen LogP contribution < -0.4 is 5.32 Å². The number of hydrogen-bond acceptors (Lipinski definition) is 3. The van der Waals surface area contributed by atoms with E-state index in [0.717, 1.165) is 0 Å². The Kier molecular flexibility index (Phi) is 4.89. The van der Waals surface area contributed by atoms with Gasteiger partial charge in [0.05, 0.1) is 11.2 Å². The maximum absolute atomic E-state index is 9.65. The zero-order valence-electron chi connectivity index (χ0n) is 9.22. The Morgan fingerprint density at radius 1 is 0.923 bits per heavy atom. The molecule has 80 valence electrons. The Bertz CT molecular complexity index is 128. The molecule has 0 aliphatic rings. The summed E-state index contributed by atoms with van der Waals surface area (Å²) in [5, 5.41) is 22.4. The molecule has 3 nitrogen and oxygen atoms in total. The Labute approximate surface area is 81.2 Å². The molecule has 13 heavy (non-hydrogen) atoms. The van der Waals surface area contributed by atoms with Crippen LogP contribution in [0, 0.1) is 0 Å². The lowest BCUT2D eigenvalue weighted by Crippen LogP contribution is -2.44. The fourth-order valence-corrected chi connectivity index (χ4v) is 0.851. The van der Waals surface area contributed by atoms with Gasteiger partial charge in [0.2, 0.25) is 0 Å². The summed E-state index contributed by atoms with van der Waals surface area (Å²) in [6.07, 6.45) is 1.43. The van der Waals surface area contributed by atoms with E-state index in [-0.39, 0.29) is 0 Å². The Morgan fingerprint density at radius 3 is 1.46 bits per heavy atom. The third-order valence-corrected chi connectivity index (χ3v) is 2.54. The smallest absolute Gasteiger partial charge is 0.0741 e. The van der Waals surface area contributed by atoms with Crippen LogP contribution in [0.1, 0.15) is 40.5 Å². The molecule has 0 aliphatic carbocycles. The second-order valence-electron chi connectivity index (χ2n) is 4.30. The highest BCUT2D eigenvalue weighted by molar-refractivity contribution is 4.78. The van der Waals surface area contributed by atoms with Crippen LogP contribution in [0.25, 0.3) is 0 Å². The lowest BCUT2D eigenvalue weighted by Gasteiger charge is -2.26. The molecule has 0 amide bonds. The van der Waals surface area contributed by atoms with E-state index in [2.05, 4.69) is 5.32 Å². The Balaban J connectivity index is 3.68. The fourth-order valence-electron chi connectivity index (χ4n) is 0.851. The minimum absolute atomic E-state index is 0.527. The van der Waals surface area contributed by atoms with Crippen LogP contribution in [-0.2, 0) is 0 Å². The number of nitrogens with one attached hydrogen (secondary N) is 1. The minimum atomic E-state index is -0.663. The molecule has 3 heteroatoms. The SMILES string of the molecule is CCC(C)(O)CNCC(C)(O)CC. The van der Waals surface area contributed by atoms with Crippen LogP contribution in [0.2, 0.25) is 0 Å². The molecule has 0 spiro atoms. The molecule has 0 saturated heterocycles. The predicted octanol–water partition coefficient (Wildman–Crippen LogP) is 0.898. The standard InChI is InChI=1S/C10H23NO2/c1-5-9(3,12)7-11-8-10(4,13)6-2/h11-13H,5-8H2,1-4H3. The van der Waals surface area contributed by atoms with Crippen molar-refractivity contribution in [1.82, 2.24) is 5.32 Å². The van der Waals surface area contributed by atoms with E-state index in [1.807, 2.05) is 13.8 Å². The van der Waals surface area contributed by atoms with Crippen molar-refractivity contribution in [1.29, 1.82) is 0 Å². The first-order valence-corrected chi connectivity index (χ1v) is 4.98. The molecule has 2 unspecified atom stereocenters. The summed E-state index contributed by atoms with van der Waals surface area (Å²) in [5.74, 6) is 0. The number of hydrogen-bond donors (Lipinski definition) is 3. The average molecular weight is 189 g/mol. The highest BCUT2D eigenvalue weighted by atomic mass is 16.3. The summed E-state index contributed by atoms with van der Waals surface area (Å²) in [4.78, 5) is 0. The maximum atomic E-state index is 9.65. The topological polar surface area (TPSA) is 52.5 Å². The highest BCUT2D eigenvalue weighted by Crippen LogP contribution is 2.09. The van der Waals surface area contributed by atoms with Gasteiger partial charge >= 0.3 is 0 Å². The van der Waals surface area contributed by atoms with Gasteiger partial charge in [0.1, 0.15) is 0 Å². The highest BCUT2D eigenvalue weighted by Gasteiger charge is 2.21. The van der Waals surface area contributed by atoms with Crippen LogP contribution in [-0.4, -0.2) is 34.5 Å². The molecule has 0 rings (SSSR count). The van der Waals surface area contributed by atoms with Crippen molar-refractivity contribution < 1.29 is 10.2 Å². The molecule has 0 heterocycles. The molecular formula is C10H23NO2. The van der Waals surface area contributed by atoms with Crippen molar-refractivity contribution in [3.8, 4) is 0 Å². The van der Waals surface area contributed by atoms with Crippen LogP contribution in [0.4, 0.5) is 0 Å². The van der Waals surface area contributed by atoms with Crippen molar-refractivity contribution in [2.75, 3.05) is 13.1 Å². The molecule has 0 saturated carbocycles. The summed E-state index contributed by atoms with van der Waals surface area (Å²) in [7, 11) is 0. The lowest BCUT2D eigenvalue weighted by molar-refractivity contribution is 0.0302. The molecule has 0 aromatic rings. The Hall–Kier alpha value is -0.120. The van der Waals surface area contributed by atoms with E-state index in [1.54, 1.807) is 13.8 Å². The lowest BCUT2D eigenvalue weighted by atomic mass is 10.0. The van der Waals surface area contributed by atoms with E-state index in [0.29, 0.717) is 25.9 Å². The van der Waals surface area contributed by atoms with Crippen molar-refractivity contribution in [3.63, 3.8) is 0 Å². The van der Waals surface area contributed by atoms with Gasteiger partial charge in [0.25, 0.3) is 0 Å². The van der Waals surface area contributed by atoms with Crippen LogP contribution >= 0.6 is 0 Å². The van der Waals surface area contributed by atoms with Crippen molar-refractivity contribution >= 4 is 0 Å². The van der Waals surface area contributed by atoms with Crippen molar-refractivity contribution in [2.24, 2.45) is 0 Å². The van der Waals surface area contributed by atoms with E-state index < -0.39 is 11.2 Å². The first-order chi connectivity index (χ1) is 5.83. The van der Waals surface area contributed by atoms with Gasteiger partial charge in [-0.2, -0.15) is 0 Å². The van der Waals surface area contributed by atoms with Gasteiger partial charge < -0.3 is 15.5 Å². The van der Waals surface area contributed by atoms with Gasteiger partial charge in [0.15, 0.2) is 0 Å². The largest absolute Gasteiger partial charge is 0.389 e. The van der Waals surface area contributed by atoms with Crippen molar-refractivity contribution in [3.05, 3.63) is 0 Å². The normalized spacial score (nSPS) is 20.8. The molecule has 0 fully saturated rings. The number of aliphatic hydroxyl groups is 2. The van der Waals surface area contributed by atoms with Gasteiger partial charge in [-0.15, -0.1) is 0 Å². The summed E-state index contributed by atoms with van der Waals surface area (Å²) >= 11 is 0. The van der Waals surface area contributed by atoms with Gasteiger partial charge in [-0.25, -0.2) is 0 Å². The fraction of sp³-hybridized carbons (Fsp3) is 1.00. The minimum Gasteiger partial charge on any atom is -0.389 e.